The van der Waals surface area contributed by atoms with Crippen LogP contribution in [0, 0.1) is 0 Å². The van der Waals surface area contributed by atoms with Crippen molar-refractivity contribution < 1.29 is 9.53 Å². The Morgan fingerprint density at radius 1 is 1.69 bits per heavy atom. The SMILES string of the molecule is CCOC1(C)C=CC(C(C)=O)=CC1. The average molecular weight is 180 g/mol. The lowest BCUT2D eigenvalue weighted by Crippen LogP contribution is -2.27. The van der Waals surface area contributed by atoms with Gasteiger partial charge in [0, 0.05) is 12.2 Å². The van der Waals surface area contributed by atoms with Gasteiger partial charge in [0.05, 0.1) is 5.60 Å². The molecule has 0 radical (unpaired) electrons. The fraction of sp³-hybridized carbons (Fsp3) is 0.545. The first-order chi connectivity index (χ1) is 6.07. The molecule has 0 aromatic rings. The van der Waals surface area contributed by atoms with E-state index in [9.17, 15) is 4.79 Å². The number of carbonyl (C=O) groups is 1. The highest BCUT2D eigenvalue weighted by Gasteiger charge is 2.23. The van der Waals surface area contributed by atoms with Crippen LogP contribution in [0.2, 0.25) is 0 Å². The van der Waals surface area contributed by atoms with Crippen molar-refractivity contribution in [1.29, 1.82) is 0 Å². The van der Waals surface area contributed by atoms with Crippen molar-refractivity contribution in [1.82, 2.24) is 0 Å². The number of rotatable bonds is 3. The lowest BCUT2D eigenvalue weighted by molar-refractivity contribution is -0.113. The molecule has 0 aromatic heterocycles. The maximum absolute atomic E-state index is 11.0. The topological polar surface area (TPSA) is 26.3 Å². The minimum absolute atomic E-state index is 0.120. The molecular formula is C11H16O2. The number of ketones is 1. The second kappa shape index (κ2) is 3.88. The maximum atomic E-state index is 11.0. The smallest absolute Gasteiger partial charge is 0.159 e. The number of Topliss-reactive ketones (excluding diaryl/α,β-unsaturated/α-hetero) is 1. The standard InChI is InChI=1S/C11H16O2/c1-4-13-11(3)7-5-10(6-8-11)9(2)12/h5-7H,4,8H2,1-3H3. The highest BCUT2D eigenvalue weighted by Crippen LogP contribution is 2.24. The molecular weight excluding hydrogens is 164 g/mol. The van der Waals surface area contributed by atoms with Crippen LogP contribution < -0.4 is 0 Å². The number of hydrogen-bond donors (Lipinski definition) is 0. The summed E-state index contributed by atoms with van der Waals surface area (Å²) in [5, 5.41) is 0. The Morgan fingerprint density at radius 2 is 2.38 bits per heavy atom. The van der Waals surface area contributed by atoms with E-state index in [1.807, 2.05) is 32.1 Å². The number of allylic oxidation sites excluding steroid dienone is 2. The van der Waals surface area contributed by atoms with Crippen molar-refractivity contribution >= 4 is 5.78 Å². The van der Waals surface area contributed by atoms with Crippen LogP contribution in [0.1, 0.15) is 27.2 Å². The van der Waals surface area contributed by atoms with Gasteiger partial charge in [0.15, 0.2) is 5.78 Å². The van der Waals surface area contributed by atoms with E-state index in [0.29, 0.717) is 6.61 Å². The van der Waals surface area contributed by atoms with Crippen molar-refractivity contribution in [3.8, 4) is 0 Å². The summed E-state index contributed by atoms with van der Waals surface area (Å²) >= 11 is 0. The van der Waals surface area contributed by atoms with Crippen molar-refractivity contribution in [2.24, 2.45) is 0 Å². The molecule has 2 nitrogen and oxygen atoms in total. The molecule has 0 fully saturated rings. The quantitative estimate of drug-likeness (QED) is 0.666. The van der Waals surface area contributed by atoms with Gasteiger partial charge in [0.25, 0.3) is 0 Å². The van der Waals surface area contributed by atoms with Gasteiger partial charge in [0.2, 0.25) is 0 Å². The molecule has 0 amide bonds. The van der Waals surface area contributed by atoms with E-state index in [2.05, 4.69) is 0 Å². The maximum Gasteiger partial charge on any atom is 0.159 e. The van der Waals surface area contributed by atoms with Gasteiger partial charge in [-0.25, -0.2) is 0 Å². The van der Waals surface area contributed by atoms with Crippen molar-refractivity contribution in [3.63, 3.8) is 0 Å². The van der Waals surface area contributed by atoms with E-state index in [1.165, 1.54) is 0 Å². The highest BCUT2D eigenvalue weighted by molar-refractivity contribution is 5.96. The largest absolute Gasteiger partial charge is 0.371 e. The Balaban J connectivity index is 2.67. The molecule has 1 aliphatic rings. The molecule has 0 bridgehead atoms. The first-order valence-corrected chi connectivity index (χ1v) is 4.62. The van der Waals surface area contributed by atoms with E-state index in [0.717, 1.165) is 12.0 Å². The lowest BCUT2D eigenvalue weighted by atomic mass is 9.92. The summed E-state index contributed by atoms with van der Waals surface area (Å²) in [5.74, 6) is 0.120. The Kier molecular flexibility index (Phi) is 3.04. The van der Waals surface area contributed by atoms with Gasteiger partial charge in [-0.2, -0.15) is 0 Å². The summed E-state index contributed by atoms with van der Waals surface area (Å²) in [5.41, 5.74) is 0.574. The zero-order valence-corrected chi connectivity index (χ0v) is 8.46. The van der Waals surface area contributed by atoms with Crippen LogP contribution in [0.3, 0.4) is 0 Å². The molecule has 1 unspecified atom stereocenters. The summed E-state index contributed by atoms with van der Waals surface area (Å²) in [6.45, 7) is 6.29. The van der Waals surface area contributed by atoms with Crippen LogP contribution in [0.4, 0.5) is 0 Å². The zero-order valence-electron chi connectivity index (χ0n) is 8.46. The fourth-order valence-corrected chi connectivity index (χ4v) is 1.41. The molecule has 0 saturated heterocycles. The molecule has 0 heterocycles. The lowest BCUT2D eigenvalue weighted by Gasteiger charge is -2.27. The van der Waals surface area contributed by atoms with Gasteiger partial charge < -0.3 is 4.74 Å². The molecule has 72 valence electrons. The third-order valence-corrected chi connectivity index (χ3v) is 2.22. The fourth-order valence-electron chi connectivity index (χ4n) is 1.41. The van der Waals surface area contributed by atoms with E-state index in [1.54, 1.807) is 6.92 Å². The average Bonchev–Trinajstić information content (AvgIpc) is 2.05. The minimum Gasteiger partial charge on any atom is -0.371 e. The van der Waals surface area contributed by atoms with E-state index in [-0.39, 0.29) is 11.4 Å². The summed E-state index contributed by atoms with van der Waals surface area (Å²) in [7, 11) is 0. The summed E-state index contributed by atoms with van der Waals surface area (Å²) in [6, 6.07) is 0. The minimum atomic E-state index is -0.215. The second-order valence-corrected chi connectivity index (χ2v) is 3.50. The molecule has 13 heavy (non-hydrogen) atoms. The molecule has 0 saturated carbocycles. The van der Waals surface area contributed by atoms with Crippen LogP contribution in [0.25, 0.3) is 0 Å². The number of carbonyl (C=O) groups excluding carboxylic acids is 1. The predicted molar refractivity (Wildman–Crippen MR) is 52.6 cm³/mol. The van der Waals surface area contributed by atoms with Crippen LogP contribution in [-0.2, 0) is 9.53 Å². The third-order valence-electron chi connectivity index (χ3n) is 2.22. The van der Waals surface area contributed by atoms with E-state index < -0.39 is 0 Å². The van der Waals surface area contributed by atoms with E-state index >= 15 is 0 Å². The Hall–Kier alpha value is -0.890. The second-order valence-electron chi connectivity index (χ2n) is 3.50. The highest BCUT2D eigenvalue weighted by atomic mass is 16.5. The van der Waals surface area contributed by atoms with Gasteiger partial charge in [-0.05, 0) is 27.2 Å². The molecule has 0 N–H and O–H groups in total. The number of ether oxygens (including phenoxy) is 1. The van der Waals surface area contributed by atoms with Crippen molar-refractivity contribution in [2.45, 2.75) is 32.8 Å². The summed E-state index contributed by atoms with van der Waals surface area (Å²) in [6.07, 6.45) is 6.54. The normalized spacial score (nSPS) is 27.2. The van der Waals surface area contributed by atoms with Gasteiger partial charge in [0.1, 0.15) is 0 Å². The molecule has 0 aliphatic heterocycles. The monoisotopic (exact) mass is 180 g/mol. The van der Waals surface area contributed by atoms with Crippen LogP contribution >= 0.6 is 0 Å². The molecule has 0 aromatic carbocycles. The van der Waals surface area contributed by atoms with Crippen LogP contribution in [0.15, 0.2) is 23.8 Å². The van der Waals surface area contributed by atoms with E-state index in [4.69, 9.17) is 4.74 Å². The van der Waals surface area contributed by atoms with Gasteiger partial charge in [-0.1, -0.05) is 18.2 Å². The van der Waals surface area contributed by atoms with Crippen molar-refractivity contribution in [3.05, 3.63) is 23.8 Å². The molecule has 2 heteroatoms. The third kappa shape index (κ3) is 2.52. The predicted octanol–water partition coefficient (Wildman–Crippen LogP) is 2.26. The van der Waals surface area contributed by atoms with Gasteiger partial charge in [-0.15, -0.1) is 0 Å². The van der Waals surface area contributed by atoms with Gasteiger partial charge >= 0.3 is 0 Å². The Morgan fingerprint density at radius 3 is 2.77 bits per heavy atom. The molecule has 1 rings (SSSR count). The van der Waals surface area contributed by atoms with Crippen LogP contribution in [-0.4, -0.2) is 18.0 Å². The molecule has 1 aliphatic carbocycles. The summed E-state index contributed by atoms with van der Waals surface area (Å²) in [4.78, 5) is 11.0. The molecule has 1 atom stereocenters. The Bertz CT molecular complexity index is 263. The molecule has 0 spiro atoms. The first kappa shape index (κ1) is 10.2. The Labute approximate surface area is 79.3 Å². The van der Waals surface area contributed by atoms with Crippen molar-refractivity contribution in [2.75, 3.05) is 6.61 Å². The summed E-state index contributed by atoms with van der Waals surface area (Å²) < 4.78 is 5.56. The zero-order chi connectivity index (χ0) is 9.90. The number of hydrogen-bond acceptors (Lipinski definition) is 2. The van der Waals surface area contributed by atoms with Crippen LogP contribution in [0.5, 0.6) is 0 Å². The first-order valence-electron chi connectivity index (χ1n) is 4.62. The van der Waals surface area contributed by atoms with Gasteiger partial charge in [-0.3, -0.25) is 4.79 Å².